The number of rotatable bonds is 5. The van der Waals surface area contributed by atoms with Crippen LogP contribution < -0.4 is 16.0 Å². The van der Waals surface area contributed by atoms with Crippen molar-refractivity contribution >= 4 is 29.4 Å². The minimum Gasteiger partial charge on any atom is -0.356 e. The molecule has 0 aliphatic carbocycles. The van der Waals surface area contributed by atoms with Crippen molar-refractivity contribution in [2.24, 2.45) is 0 Å². The minimum absolute atomic E-state index is 0.0624. The van der Waals surface area contributed by atoms with E-state index in [1.165, 1.54) is 0 Å². The fourth-order valence-electron chi connectivity index (χ4n) is 1.90. The van der Waals surface area contributed by atoms with Gasteiger partial charge in [0.25, 0.3) is 5.91 Å². The Morgan fingerprint density at radius 2 is 2.15 bits per heavy atom. The lowest BCUT2D eigenvalue weighted by molar-refractivity contribution is -0.126. The monoisotopic (exact) mass is 295 g/mol. The van der Waals surface area contributed by atoms with E-state index in [0.29, 0.717) is 18.0 Å². The molecule has 1 atom stereocenters. The molecule has 0 radical (unpaired) electrons. The lowest BCUT2D eigenvalue weighted by atomic mass is 10.1. The molecule has 0 bridgehead atoms. The van der Waals surface area contributed by atoms with E-state index in [0.717, 1.165) is 5.56 Å². The predicted octanol–water partition coefficient (Wildman–Crippen LogP) is 0.597. The quantitative estimate of drug-likeness (QED) is 0.695. The Labute approximate surface area is 120 Å². The maximum Gasteiger partial charge on any atom is 0.322 e. The first kappa shape index (κ1) is 14.3. The molecule has 1 saturated heterocycles. The highest BCUT2D eigenvalue weighted by molar-refractivity contribution is 6.30. The Morgan fingerprint density at radius 1 is 1.35 bits per heavy atom. The van der Waals surface area contributed by atoms with Crippen LogP contribution in [0, 0.1) is 0 Å². The summed E-state index contributed by atoms with van der Waals surface area (Å²) >= 11 is 5.86. The number of imide groups is 1. The van der Waals surface area contributed by atoms with E-state index in [9.17, 15) is 14.4 Å². The van der Waals surface area contributed by atoms with Crippen LogP contribution in [0.1, 0.15) is 12.0 Å². The molecular formula is C13H14ClN3O3. The number of nitrogens with one attached hydrogen (secondary N) is 3. The van der Waals surface area contributed by atoms with Crippen LogP contribution in [0.15, 0.2) is 24.3 Å². The third-order valence-corrected chi connectivity index (χ3v) is 3.11. The molecule has 1 aromatic rings. The van der Waals surface area contributed by atoms with Gasteiger partial charge in [0.05, 0.1) is 6.42 Å². The van der Waals surface area contributed by atoms with E-state index in [4.69, 9.17) is 11.6 Å². The average molecular weight is 296 g/mol. The summed E-state index contributed by atoms with van der Waals surface area (Å²) < 4.78 is 0. The second-order valence-corrected chi connectivity index (χ2v) is 4.89. The van der Waals surface area contributed by atoms with Gasteiger partial charge in [0.2, 0.25) is 5.91 Å². The van der Waals surface area contributed by atoms with Crippen molar-refractivity contribution in [2.45, 2.75) is 18.9 Å². The summed E-state index contributed by atoms with van der Waals surface area (Å²) in [5.74, 6) is -0.755. The molecule has 1 fully saturated rings. The van der Waals surface area contributed by atoms with Crippen LogP contribution in [0.25, 0.3) is 0 Å². The zero-order valence-corrected chi connectivity index (χ0v) is 11.4. The normalized spacial score (nSPS) is 17.6. The first-order chi connectivity index (χ1) is 9.54. The summed E-state index contributed by atoms with van der Waals surface area (Å²) in [6, 6.07) is 6.03. The van der Waals surface area contributed by atoms with Gasteiger partial charge in [0, 0.05) is 11.6 Å². The standard InChI is InChI=1S/C13H14ClN3O3/c14-9-3-1-2-8(6-9)4-5-15-11(18)7-10-12(19)17-13(20)16-10/h1-3,6,10H,4-5,7H2,(H,15,18)(H2,16,17,19,20). The Morgan fingerprint density at radius 3 is 2.80 bits per heavy atom. The number of benzene rings is 1. The third kappa shape index (κ3) is 3.96. The summed E-state index contributed by atoms with van der Waals surface area (Å²) in [7, 11) is 0. The molecule has 1 unspecified atom stereocenters. The van der Waals surface area contributed by atoms with E-state index in [2.05, 4.69) is 16.0 Å². The second kappa shape index (κ2) is 6.38. The lowest BCUT2D eigenvalue weighted by Crippen LogP contribution is -2.36. The van der Waals surface area contributed by atoms with Crippen LogP contribution >= 0.6 is 11.6 Å². The van der Waals surface area contributed by atoms with Crippen LogP contribution in [0.4, 0.5) is 4.79 Å². The summed E-state index contributed by atoms with van der Waals surface area (Å²) in [5.41, 5.74) is 1.02. The van der Waals surface area contributed by atoms with E-state index in [1.807, 2.05) is 18.2 Å². The van der Waals surface area contributed by atoms with Crippen LogP contribution in [-0.2, 0) is 16.0 Å². The molecule has 20 heavy (non-hydrogen) atoms. The van der Waals surface area contributed by atoms with Gasteiger partial charge in [-0.3, -0.25) is 14.9 Å². The molecule has 1 aromatic carbocycles. The minimum atomic E-state index is -0.784. The summed E-state index contributed by atoms with van der Waals surface area (Å²) in [4.78, 5) is 33.8. The number of carbonyl (C=O) groups is 3. The summed E-state index contributed by atoms with van der Waals surface area (Å²) in [5, 5.41) is 7.80. The molecular weight excluding hydrogens is 282 g/mol. The third-order valence-electron chi connectivity index (χ3n) is 2.87. The summed E-state index contributed by atoms with van der Waals surface area (Å²) in [6.45, 7) is 0.446. The van der Waals surface area contributed by atoms with Crippen LogP contribution in [0.3, 0.4) is 0 Å². The van der Waals surface area contributed by atoms with Gasteiger partial charge in [-0.1, -0.05) is 23.7 Å². The molecule has 6 nitrogen and oxygen atoms in total. The van der Waals surface area contributed by atoms with Crippen LogP contribution in [0.5, 0.6) is 0 Å². The Kier molecular flexibility index (Phi) is 4.57. The Bertz CT molecular complexity index is 547. The number of halogens is 1. The van der Waals surface area contributed by atoms with Crippen LogP contribution in [-0.4, -0.2) is 30.4 Å². The van der Waals surface area contributed by atoms with Crippen LogP contribution in [0.2, 0.25) is 5.02 Å². The van der Waals surface area contributed by atoms with Gasteiger partial charge in [0.15, 0.2) is 0 Å². The van der Waals surface area contributed by atoms with Gasteiger partial charge in [-0.2, -0.15) is 0 Å². The summed E-state index contributed by atoms with van der Waals surface area (Å²) in [6.07, 6.45) is 0.586. The number of amides is 4. The first-order valence-electron chi connectivity index (χ1n) is 6.17. The van der Waals surface area contributed by atoms with E-state index in [1.54, 1.807) is 6.07 Å². The van der Waals surface area contributed by atoms with Crippen molar-refractivity contribution in [2.75, 3.05) is 6.54 Å². The van der Waals surface area contributed by atoms with E-state index in [-0.39, 0.29) is 12.3 Å². The maximum atomic E-state index is 11.6. The van der Waals surface area contributed by atoms with Crippen molar-refractivity contribution in [1.82, 2.24) is 16.0 Å². The number of hydrogen-bond donors (Lipinski definition) is 3. The Hall–Kier alpha value is -2.08. The van der Waals surface area contributed by atoms with Crippen molar-refractivity contribution in [3.63, 3.8) is 0 Å². The largest absolute Gasteiger partial charge is 0.356 e. The zero-order chi connectivity index (χ0) is 14.5. The molecule has 2 rings (SSSR count). The molecule has 3 N–H and O–H groups in total. The molecule has 1 aliphatic heterocycles. The molecule has 0 saturated carbocycles. The maximum absolute atomic E-state index is 11.6. The van der Waals surface area contributed by atoms with Crippen molar-refractivity contribution in [3.05, 3.63) is 34.9 Å². The fraction of sp³-hybridized carbons (Fsp3) is 0.308. The number of hydrogen-bond acceptors (Lipinski definition) is 3. The SMILES string of the molecule is O=C(CC1NC(=O)NC1=O)NCCc1cccc(Cl)c1. The average Bonchev–Trinajstić information content (AvgIpc) is 2.68. The molecule has 7 heteroatoms. The van der Waals surface area contributed by atoms with Crippen molar-refractivity contribution in [1.29, 1.82) is 0 Å². The molecule has 0 spiro atoms. The van der Waals surface area contributed by atoms with Crippen molar-refractivity contribution < 1.29 is 14.4 Å². The zero-order valence-electron chi connectivity index (χ0n) is 10.6. The van der Waals surface area contributed by atoms with E-state index < -0.39 is 18.0 Å². The van der Waals surface area contributed by atoms with Gasteiger partial charge in [0.1, 0.15) is 6.04 Å². The fourth-order valence-corrected chi connectivity index (χ4v) is 2.11. The number of urea groups is 1. The molecule has 4 amide bonds. The van der Waals surface area contributed by atoms with Gasteiger partial charge in [-0.25, -0.2) is 4.79 Å². The van der Waals surface area contributed by atoms with Gasteiger partial charge in [-0.05, 0) is 24.1 Å². The first-order valence-corrected chi connectivity index (χ1v) is 6.55. The highest BCUT2D eigenvalue weighted by atomic mass is 35.5. The Balaban J connectivity index is 1.73. The smallest absolute Gasteiger partial charge is 0.322 e. The molecule has 106 valence electrons. The van der Waals surface area contributed by atoms with Crippen molar-refractivity contribution in [3.8, 4) is 0 Å². The highest BCUT2D eigenvalue weighted by Gasteiger charge is 2.30. The molecule has 1 aliphatic rings. The number of carbonyl (C=O) groups excluding carboxylic acids is 3. The van der Waals surface area contributed by atoms with Gasteiger partial charge in [-0.15, -0.1) is 0 Å². The predicted molar refractivity (Wildman–Crippen MR) is 73.2 cm³/mol. The van der Waals surface area contributed by atoms with Gasteiger partial charge >= 0.3 is 6.03 Å². The van der Waals surface area contributed by atoms with Gasteiger partial charge < -0.3 is 10.6 Å². The highest BCUT2D eigenvalue weighted by Crippen LogP contribution is 2.10. The topological polar surface area (TPSA) is 87.3 Å². The lowest BCUT2D eigenvalue weighted by Gasteiger charge is -2.08. The molecule has 0 aromatic heterocycles. The second-order valence-electron chi connectivity index (χ2n) is 4.45. The van der Waals surface area contributed by atoms with E-state index >= 15 is 0 Å². The molecule has 1 heterocycles.